The van der Waals surface area contributed by atoms with Gasteiger partial charge < -0.3 is 21.7 Å². The minimum atomic E-state index is -0.00163. The number of carbonyl (C=O) groups excluding carboxylic acids is 1. The number of carbonyl (C=O) groups is 1. The maximum absolute atomic E-state index is 13.8. The minimum Gasteiger partial charge on any atom is -0.370 e. The lowest BCUT2D eigenvalue weighted by atomic mass is 9.93. The summed E-state index contributed by atoms with van der Waals surface area (Å²) in [6.07, 6.45) is 4.03. The first kappa shape index (κ1) is 31.6. The van der Waals surface area contributed by atoms with Crippen LogP contribution in [0.4, 0.5) is 0 Å². The summed E-state index contributed by atoms with van der Waals surface area (Å²) in [5.74, 6) is 0.698. The molecule has 1 heterocycles. The van der Waals surface area contributed by atoms with E-state index in [-0.39, 0.29) is 30.0 Å². The minimum absolute atomic E-state index is 0.00163. The zero-order chi connectivity index (χ0) is 29.4. The zero-order valence-electron chi connectivity index (χ0n) is 25.6. The first-order chi connectivity index (χ1) is 18.9. The Bertz CT molecular complexity index is 1130. The van der Waals surface area contributed by atoms with Crippen molar-refractivity contribution in [2.24, 2.45) is 17.4 Å². The summed E-state index contributed by atoms with van der Waals surface area (Å²) in [5, 5.41) is 10.4. The summed E-state index contributed by atoms with van der Waals surface area (Å²) in [5.41, 5.74) is 19.7. The van der Waals surface area contributed by atoms with Crippen molar-refractivity contribution in [3.63, 3.8) is 0 Å². The van der Waals surface area contributed by atoms with Crippen LogP contribution in [0.1, 0.15) is 66.5 Å². The fourth-order valence-electron chi connectivity index (χ4n) is 6.29. The topological polar surface area (TPSA) is 111 Å². The molecule has 3 rings (SSSR count). The molecule has 0 radical (unpaired) electrons. The number of benzene rings is 2. The first-order valence-corrected chi connectivity index (χ1v) is 14.9. The summed E-state index contributed by atoms with van der Waals surface area (Å²) in [7, 11) is 0. The van der Waals surface area contributed by atoms with Gasteiger partial charge in [-0.25, -0.2) is 0 Å². The van der Waals surface area contributed by atoms with Crippen LogP contribution in [0.5, 0.6) is 0 Å². The molecule has 0 unspecified atom stereocenters. The molecule has 2 aromatic rings. The molecule has 1 aliphatic rings. The second-order valence-electron chi connectivity index (χ2n) is 12.5. The number of nitrogens with one attached hydrogen (secondary N) is 2. The number of rotatable bonds is 12. The lowest BCUT2D eigenvalue weighted by Crippen LogP contribution is -2.62. The number of nitrogens with zero attached hydrogens (tertiary/aromatic N) is 2. The number of amides is 1. The Morgan fingerprint density at radius 3 is 2.35 bits per heavy atom. The van der Waals surface area contributed by atoms with Crippen LogP contribution in [0.2, 0.25) is 0 Å². The van der Waals surface area contributed by atoms with E-state index in [0.29, 0.717) is 25.4 Å². The molecule has 220 valence electrons. The van der Waals surface area contributed by atoms with Crippen molar-refractivity contribution >= 4 is 11.9 Å². The van der Waals surface area contributed by atoms with Crippen LogP contribution in [0, 0.1) is 39.0 Å². The van der Waals surface area contributed by atoms with Crippen LogP contribution in [-0.2, 0) is 17.6 Å². The highest BCUT2D eigenvalue weighted by atomic mass is 16.2. The second kappa shape index (κ2) is 14.6. The summed E-state index contributed by atoms with van der Waals surface area (Å²) < 4.78 is 0. The van der Waals surface area contributed by atoms with Crippen LogP contribution in [0.15, 0.2) is 36.4 Å². The standard InChI is InChI=1S/C33H52N6O/c1-22(2)12-31-20-38(19-29(34)18-28-10-9-23(3)14-26(28)6)30(8-7-11-37-33(35)36)21-39(31)32(40)17-27-15-24(4)13-25(5)16-27/h9-10,13-16,22,29-31H,7-8,11-12,17-21,34H2,1-6H3,(H4,35,36,37)/t29-,30-,31+/m0/s1. The Balaban J connectivity index is 1.78. The second-order valence-corrected chi connectivity index (χ2v) is 12.5. The van der Waals surface area contributed by atoms with Gasteiger partial charge in [0.1, 0.15) is 0 Å². The van der Waals surface area contributed by atoms with Gasteiger partial charge in [-0.1, -0.05) is 66.9 Å². The number of guanidine groups is 1. The number of nitrogens with two attached hydrogens (primary N) is 2. The van der Waals surface area contributed by atoms with Gasteiger partial charge >= 0.3 is 0 Å². The van der Waals surface area contributed by atoms with Crippen molar-refractivity contribution in [1.82, 2.24) is 15.1 Å². The van der Waals surface area contributed by atoms with E-state index in [1.165, 1.54) is 27.8 Å². The SMILES string of the molecule is Cc1cc(C)cc(CC(=O)N2C[C@H](CCCNC(=N)N)N(C[C@@H](N)Cc3ccc(C)cc3C)C[C@H]2CC(C)C)c1. The highest BCUT2D eigenvalue weighted by Gasteiger charge is 2.36. The van der Waals surface area contributed by atoms with Gasteiger partial charge in [-0.3, -0.25) is 15.1 Å². The highest BCUT2D eigenvalue weighted by molar-refractivity contribution is 5.79. The maximum Gasteiger partial charge on any atom is 0.227 e. The van der Waals surface area contributed by atoms with Crippen LogP contribution >= 0.6 is 0 Å². The Kier molecular flexibility index (Phi) is 11.6. The van der Waals surface area contributed by atoms with Crippen LogP contribution in [0.3, 0.4) is 0 Å². The monoisotopic (exact) mass is 548 g/mol. The molecule has 0 aliphatic carbocycles. The van der Waals surface area contributed by atoms with E-state index < -0.39 is 0 Å². The average molecular weight is 549 g/mol. The Morgan fingerprint density at radius 2 is 1.73 bits per heavy atom. The molecule has 1 amide bonds. The highest BCUT2D eigenvalue weighted by Crippen LogP contribution is 2.25. The lowest BCUT2D eigenvalue weighted by molar-refractivity contribution is -0.138. The predicted octanol–water partition coefficient (Wildman–Crippen LogP) is 4.22. The molecule has 1 aliphatic heterocycles. The molecule has 6 N–H and O–H groups in total. The van der Waals surface area contributed by atoms with Crippen molar-refractivity contribution in [1.29, 1.82) is 5.41 Å². The van der Waals surface area contributed by atoms with Crippen LogP contribution in [-0.4, -0.2) is 66.0 Å². The fraction of sp³-hybridized carbons (Fsp3) is 0.576. The van der Waals surface area contributed by atoms with Gasteiger partial charge in [0, 0.05) is 44.3 Å². The van der Waals surface area contributed by atoms with Gasteiger partial charge in [-0.2, -0.15) is 0 Å². The molecule has 0 aromatic heterocycles. The van der Waals surface area contributed by atoms with E-state index in [1.807, 2.05) is 0 Å². The summed E-state index contributed by atoms with van der Waals surface area (Å²) >= 11 is 0. The number of hydrogen-bond donors (Lipinski definition) is 4. The molecule has 40 heavy (non-hydrogen) atoms. The number of piperazine rings is 1. The molecule has 0 bridgehead atoms. The first-order valence-electron chi connectivity index (χ1n) is 14.9. The van der Waals surface area contributed by atoms with Gasteiger partial charge in [0.05, 0.1) is 6.42 Å². The maximum atomic E-state index is 13.8. The Labute approximate surface area is 242 Å². The molecule has 3 atom stereocenters. The Hall–Kier alpha value is -2.90. The Morgan fingerprint density at radius 1 is 1.02 bits per heavy atom. The van der Waals surface area contributed by atoms with Crippen molar-refractivity contribution in [2.45, 2.75) is 91.8 Å². The van der Waals surface area contributed by atoms with Crippen molar-refractivity contribution in [3.8, 4) is 0 Å². The zero-order valence-corrected chi connectivity index (χ0v) is 25.6. The van der Waals surface area contributed by atoms with E-state index in [9.17, 15) is 4.79 Å². The summed E-state index contributed by atoms with van der Waals surface area (Å²) in [6, 6.07) is 13.4. The lowest BCUT2D eigenvalue weighted by Gasteiger charge is -2.48. The third-order valence-electron chi connectivity index (χ3n) is 7.99. The smallest absolute Gasteiger partial charge is 0.227 e. The molecule has 2 aromatic carbocycles. The van der Waals surface area contributed by atoms with E-state index in [2.05, 4.69) is 93.1 Å². The number of aryl methyl sites for hydroxylation is 4. The van der Waals surface area contributed by atoms with Gasteiger partial charge in [0.2, 0.25) is 5.91 Å². The quantitative estimate of drug-likeness (QED) is 0.180. The van der Waals surface area contributed by atoms with E-state index >= 15 is 0 Å². The fourth-order valence-corrected chi connectivity index (χ4v) is 6.29. The summed E-state index contributed by atoms with van der Waals surface area (Å²) in [4.78, 5) is 18.5. The molecule has 1 saturated heterocycles. The van der Waals surface area contributed by atoms with E-state index in [4.69, 9.17) is 16.9 Å². The molecular weight excluding hydrogens is 496 g/mol. The average Bonchev–Trinajstić information content (AvgIpc) is 2.83. The normalized spacial score (nSPS) is 18.6. The third-order valence-corrected chi connectivity index (χ3v) is 7.99. The van der Waals surface area contributed by atoms with Crippen molar-refractivity contribution in [2.75, 3.05) is 26.2 Å². The van der Waals surface area contributed by atoms with Crippen LogP contribution < -0.4 is 16.8 Å². The molecular formula is C33H52N6O. The van der Waals surface area contributed by atoms with E-state index in [1.54, 1.807) is 0 Å². The molecule has 0 saturated carbocycles. The van der Waals surface area contributed by atoms with Crippen LogP contribution in [0.25, 0.3) is 0 Å². The van der Waals surface area contributed by atoms with Gasteiger partial charge in [-0.15, -0.1) is 0 Å². The molecule has 1 fully saturated rings. The summed E-state index contributed by atoms with van der Waals surface area (Å²) in [6.45, 7) is 15.9. The molecule has 7 nitrogen and oxygen atoms in total. The van der Waals surface area contributed by atoms with Crippen molar-refractivity contribution in [3.05, 3.63) is 69.8 Å². The third kappa shape index (κ3) is 9.63. The molecule has 0 spiro atoms. The largest absolute Gasteiger partial charge is 0.370 e. The van der Waals surface area contributed by atoms with Gasteiger partial charge in [0.15, 0.2) is 5.96 Å². The number of hydrogen-bond acceptors (Lipinski definition) is 4. The van der Waals surface area contributed by atoms with Gasteiger partial charge in [0.25, 0.3) is 0 Å². The van der Waals surface area contributed by atoms with Gasteiger partial charge in [-0.05, 0) is 76.0 Å². The van der Waals surface area contributed by atoms with Crippen molar-refractivity contribution < 1.29 is 4.79 Å². The predicted molar refractivity (Wildman–Crippen MR) is 167 cm³/mol. The van der Waals surface area contributed by atoms with E-state index in [0.717, 1.165) is 44.3 Å². The molecule has 7 heteroatoms.